The van der Waals surface area contributed by atoms with E-state index in [1.807, 2.05) is 27.7 Å². The van der Waals surface area contributed by atoms with Gasteiger partial charge in [0.1, 0.15) is 0 Å². The summed E-state index contributed by atoms with van der Waals surface area (Å²) >= 11 is 0. The Morgan fingerprint density at radius 3 is 2.48 bits per heavy atom. The highest BCUT2D eigenvalue weighted by Gasteiger charge is 2.20. The van der Waals surface area contributed by atoms with Crippen molar-refractivity contribution in [3.63, 3.8) is 0 Å². The molecule has 3 N–H and O–H groups in total. The molecule has 2 rings (SSSR count). The number of nitrogens with zero attached hydrogens (tertiary/aromatic N) is 2. The molecule has 0 aliphatic carbocycles. The van der Waals surface area contributed by atoms with Gasteiger partial charge in [0.05, 0.1) is 17.4 Å². The molecule has 1 amide bonds. The number of rotatable bonds is 7. The van der Waals surface area contributed by atoms with Gasteiger partial charge in [-0.15, -0.1) is 0 Å². The molecule has 146 valence electrons. The minimum atomic E-state index is -1.04. The Morgan fingerprint density at radius 1 is 1.26 bits per heavy atom. The summed E-state index contributed by atoms with van der Waals surface area (Å²) in [6, 6.07) is 1.52. The monoisotopic (exact) mass is 376 g/mol. The molecule has 9 nitrogen and oxygen atoms in total. The van der Waals surface area contributed by atoms with Crippen molar-refractivity contribution >= 4 is 22.9 Å². The molecule has 0 radical (unpaired) electrons. The molecule has 2 aromatic rings. The third-order valence-corrected chi connectivity index (χ3v) is 3.98. The molecule has 0 aromatic carbocycles. The van der Waals surface area contributed by atoms with Gasteiger partial charge in [0.15, 0.2) is 5.65 Å². The summed E-state index contributed by atoms with van der Waals surface area (Å²) in [5.41, 5.74) is -0.471. The molecular formula is C18H24N4O5. The predicted octanol–water partition coefficient (Wildman–Crippen LogP) is 1.07. The smallest absolute Gasteiger partial charge is 0.330 e. The molecule has 0 spiro atoms. The third kappa shape index (κ3) is 4.60. The molecule has 0 unspecified atom stereocenters. The summed E-state index contributed by atoms with van der Waals surface area (Å²) in [5.74, 6) is -1.54. The van der Waals surface area contributed by atoms with Gasteiger partial charge in [-0.2, -0.15) is 0 Å². The van der Waals surface area contributed by atoms with Crippen LogP contribution >= 0.6 is 0 Å². The number of carboxylic acids is 1. The Balaban J connectivity index is 2.71. The molecule has 2 aromatic heterocycles. The van der Waals surface area contributed by atoms with Crippen LogP contribution in [0.4, 0.5) is 0 Å². The lowest BCUT2D eigenvalue weighted by Crippen LogP contribution is -2.34. The van der Waals surface area contributed by atoms with Crippen LogP contribution in [0.5, 0.6) is 0 Å². The number of H-pyrrole nitrogens is 1. The van der Waals surface area contributed by atoms with Crippen molar-refractivity contribution in [1.82, 2.24) is 19.9 Å². The molecule has 0 saturated carbocycles. The summed E-state index contributed by atoms with van der Waals surface area (Å²) in [7, 11) is 0. The van der Waals surface area contributed by atoms with Crippen LogP contribution in [0.3, 0.4) is 0 Å². The fourth-order valence-corrected chi connectivity index (χ4v) is 2.68. The first-order chi connectivity index (χ1) is 12.6. The van der Waals surface area contributed by atoms with Crippen LogP contribution in [0.1, 0.15) is 56.1 Å². The maximum Gasteiger partial charge on any atom is 0.330 e. The highest BCUT2D eigenvalue weighted by Crippen LogP contribution is 2.20. The fourth-order valence-electron chi connectivity index (χ4n) is 2.68. The molecule has 0 saturated heterocycles. The molecule has 0 aliphatic rings. The van der Waals surface area contributed by atoms with Crippen LogP contribution in [-0.2, 0) is 11.3 Å². The average molecular weight is 376 g/mol. The van der Waals surface area contributed by atoms with E-state index < -0.39 is 23.1 Å². The maximum atomic E-state index is 12.6. The first-order valence-corrected chi connectivity index (χ1v) is 8.79. The highest BCUT2D eigenvalue weighted by molar-refractivity contribution is 6.05. The number of aromatic nitrogens is 3. The largest absolute Gasteiger partial charge is 0.481 e. The van der Waals surface area contributed by atoms with Crippen molar-refractivity contribution in [3.05, 3.63) is 38.2 Å². The summed E-state index contributed by atoms with van der Waals surface area (Å²) in [5, 5.41) is 11.2. The average Bonchev–Trinajstić information content (AvgIpc) is 2.56. The van der Waals surface area contributed by atoms with Crippen LogP contribution in [-0.4, -0.2) is 38.1 Å². The molecule has 0 atom stereocenters. The summed E-state index contributed by atoms with van der Waals surface area (Å²) in [6.45, 7) is 7.89. The van der Waals surface area contributed by atoms with E-state index >= 15 is 0 Å². The number of fused-ring (bicyclic) bond motifs is 1. The van der Waals surface area contributed by atoms with Gasteiger partial charge in [-0.25, -0.2) is 9.78 Å². The van der Waals surface area contributed by atoms with Crippen LogP contribution < -0.4 is 16.6 Å². The van der Waals surface area contributed by atoms with Gasteiger partial charge in [-0.1, -0.05) is 27.7 Å². The summed E-state index contributed by atoms with van der Waals surface area (Å²) in [4.78, 5) is 54.7. The van der Waals surface area contributed by atoms with Gasteiger partial charge < -0.3 is 10.4 Å². The summed E-state index contributed by atoms with van der Waals surface area (Å²) < 4.78 is 1.36. The second-order valence-corrected chi connectivity index (χ2v) is 7.11. The third-order valence-electron chi connectivity index (χ3n) is 3.98. The Morgan fingerprint density at radius 2 is 1.93 bits per heavy atom. The van der Waals surface area contributed by atoms with E-state index in [0.29, 0.717) is 12.2 Å². The van der Waals surface area contributed by atoms with Crippen molar-refractivity contribution in [3.8, 4) is 0 Å². The lowest BCUT2D eigenvalue weighted by molar-refractivity contribution is -0.136. The van der Waals surface area contributed by atoms with E-state index in [2.05, 4.69) is 15.3 Å². The minimum absolute atomic E-state index is 0.0208. The number of nitrogens with one attached hydrogen (secondary N) is 2. The number of aliphatic carboxylic acids is 1. The number of hydrogen-bond acceptors (Lipinski definition) is 5. The fraction of sp³-hybridized carbons (Fsp3) is 0.500. The molecule has 0 fully saturated rings. The van der Waals surface area contributed by atoms with Crippen molar-refractivity contribution in [2.75, 3.05) is 6.54 Å². The SMILES string of the molecule is CC(C)Cn1c(=O)[nH]c(=O)c2c(C(=O)NCCC(=O)O)cc(C(C)C)nc21. The Labute approximate surface area is 155 Å². The zero-order valence-electron chi connectivity index (χ0n) is 15.8. The van der Waals surface area contributed by atoms with Gasteiger partial charge in [0.25, 0.3) is 11.5 Å². The lowest BCUT2D eigenvalue weighted by Gasteiger charge is -2.15. The van der Waals surface area contributed by atoms with E-state index in [9.17, 15) is 19.2 Å². The Kier molecular flexibility index (Phi) is 6.14. The van der Waals surface area contributed by atoms with Crippen molar-refractivity contribution in [2.45, 2.75) is 46.6 Å². The topological polar surface area (TPSA) is 134 Å². The van der Waals surface area contributed by atoms with Crippen LogP contribution in [0.25, 0.3) is 11.0 Å². The van der Waals surface area contributed by atoms with Gasteiger partial charge in [-0.3, -0.25) is 23.9 Å². The van der Waals surface area contributed by atoms with Gasteiger partial charge in [0.2, 0.25) is 0 Å². The normalized spacial score (nSPS) is 11.3. The van der Waals surface area contributed by atoms with Gasteiger partial charge in [0, 0.05) is 18.8 Å². The van der Waals surface area contributed by atoms with E-state index in [-0.39, 0.29) is 41.4 Å². The number of pyridine rings is 1. The Bertz CT molecular complexity index is 988. The first-order valence-electron chi connectivity index (χ1n) is 8.79. The number of carbonyl (C=O) groups is 2. The van der Waals surface area contributed by atoms with Crippen LogP contribution in [0.2, 0.25) is 0 Å². The zero-order valence-corrected chi connectivity index (χ0v) is 15.8. The van der Waals surface area contributed by atoms with E-state index in [0.717, 1.165) is 0 Å². The molecule has 0 bridgehead atoms. The van der Waals surface area contributed by atoms with Gasteiger partial charge >= 0.3 is 11.7 Å². The van der Waals surface area contributed by atoms with Crippen molar-refractivity contribution < 1.29 is 14.7 Å². The van der Waals surface area contributed by atoms with Crippen LogP contribution in [0.15, 0.2) is 15.7 Å². The predicted molar refractivity (Wildman–Crippen MR) is 100 cm³/mol. The number of aromatic amines is 1. The first kappa shape index (κ1) is 20.3. The molecule has 9 heteroatoms. The standard InChI is InChI=1S/C18H24N4O5/c1-9(2)8-22-15-14(17(26)21-18(22)27)11(7-12(20-15)10(3)4)16(25)19-6-5-13(23)24/h7,9-10H,5-6,8H2,1-4H3,(H,19,25)(H,23,24)(H,21,26,27). The lowest BCUT2D eigenvalue weighted by atomic mass is 10.0. The minimum Gasteiger partial charge on any atom is -0.481 e. The second-order valence-electron chi connectivity index (χ2n) is 7.11. The maximum absolute atomic E-state index is 12.6. The van der Waals surface area contributed by atoms with E-state index in [1.54, 1.807) is 0 Å². The quantitative estimate of drug-likeness (QED) is 0.662. The van der Waals surface area contributed by atoms with E-state index in [4.69, 9.17) is 5.11 Å². The molecule has 2 heterocycles. The molecular weight excluding hydrogens is 352 g/mol. The van der Waals surface area contributed by atoms with Crippen molar-refractivity contribution in [2.24, 2.45) is 5.92 Å². The molecule has 27 heavy (non-hydrogen) atoms. The van der Waals surface area contributed by atoms with Gasteiger partial charge in [-0.05, 0) is 17.9 Å². The number of amides is 1. The zero-order chi connectivity index (χ0) is 20.3. The number of carboxylic acid groups (broad SMARTS) is 1. The van der Waals surface area contributed by atoms with Crippen molar-refractivity contribution in [1.29, 1.82) is 0 Å². The molecule has 0 aliphatic heterocycles. The van der Waals surface area contributed by atoms with Crippen LogP contribution in [0, 0.1) is 5.92 Å². The highest BCUT2D eigenvalue weighted by atomic mass is 16.4. The number of carbonyl (C=O) groups excluding carboxylic acids is 1. The van der Waals surface area contributed by atoms with E-state index in [1.165, 1.54) is 10.6 Å². The second kappa shape index (κ2) is 8.15. The Hall–Kier alpha value is -2.97. The summed E-state index contributed by atoms with van der Waals surface area (Å²) in [6.07, 6.45) is -0.236. The number of hydrogen-bond donors (Lipinski definition) is 3.